The number of anilines is 1. The normalized spacial score (nSPS) is 12.8. The van der Waals surface area contributed by atoms with Crippen LogP contribution in [0.2, 0.25) is 0 Å². The van der Waals surface area contributed by atoms with Crippen molar-refractivity contribution in [2.24, 2.45) is 0 Å². The monoisotopic (exact) mass is 421 g/mol. The molecule has 1 aromatic carbocycles. The van der Waals surface area contributed by atoms with Crippen LogP contribution in [0.15, 0.2) is 40.9 Å². The minimum atomic E-state index is -1.60. The van der Waals surface area contributed by atoms with Gasteiger partial charge in [-0.2, -0.15) is 0 Å². The highest BCUT2D eigenvalue weighted by Crippen LogP contribution is 2.25. The van der Waals surface area contributed by atoms with Gasteiger partial charge < -0.3 is 15.2 Å². The highest BCUT2D eigenvalue weighted by molar-refractivity contribution is 9.10. The van der Waals surface area contributed by atoms with Crippen molar-refractivity contribution in [2.75, 3.05) is 11.9 Å². The van der Waals surface area contributed by atoms with Crippen molar-refractivity contribution >= 4 is 33.7 Å². The van der Waals surface area contributed by atoms with Crippen LogP contribution in [0.4, 0.5) is 10.6 Å². The number of hydrogen-bond acceptors (Lipinski definition) is 4. The van der Waals surface area contributed by atoms with E-state index in [1.165, 1.54) is 6.92 Å². The number of pyridine rings is 1. The zero-order valence-corrected chi connectivity index (χ0v) is 16.3. The Kier molecular flexibility index (Phi) is 6.20. The third-order valence-corrected chi connectivity index (χ3v) is 4.27. The number of halogens is 1. The Bertz CT molecular complexity index is 828. The summed E-state index contributed by atoms with van der Waals surface area (Å²) in [6, 6.07) is 9.38. The van der Waals surface area contributed by atoms with Gasteiger partial charge in [-0.05, 0) is 50.6 Å². The molecule has 1 unspecified atom stereocenters. The molecule has 0 fully saturated rings. The number of benzene rings is 1. The van der Waals surface area contributed by atoms with Crippen molar-refractivity contribution in [2.45, 2.75) is 26.3 Å². The molecule has 0 saturated carbocycles. The van der Waals surface area contributed by atoms with Crippen LogP contribution in [0.5, 0.6) is 5.75 Å². The minimum absolute atomic E-state index is 0.297. The zero-order valence-electron chi connectivity index (χ0n) is 14.7. The number of nitrogens with one attached hydrogen (secondary N) is 2. The van der Waals surface area contributed by atoms with E-state index in [0.29, 0.717) is 33.9 Å². The zero-order chi connectivity index (χ0) is 19.3. The van der Waals surface area contributed by atoms with Crippen LogP contribution in [0.1, 0.15) is 25.1 Å². The third-order valence-electron chi connectivity index (χ3n) is 3.77. The number of carboxylic acid groups (broad SMARTS) is 1. The van der Waals surface area contributed by atoms with Gasteiger partial charge in [-0.25, -0.2) is 14.6 Å². The van der Waals surface area contributed by atoms with E-state index < -0.39 is 17.5 Å². The Balaban J connectivity index is 2.18. The molecule has 138 valence electrons. The van der Waals surface area contributed by atoms with Crippen molar-refractivity contribution in [1.82, 2.24) is 10.3 Å². The summed E-state index contributed by atoms with van der Waals surface area (Å²) in [5, 5.41) is 14.7. The molecule has 0 saturated heterocycles. The molecule has 1 aromatic heterocycles. The van der Waals surface area contributed by atoms with Gasteiger partial charge in [0.15, 0.2) is 5.54 Å². The van der Waals surface area contributed by atoms with E-state index in [0.717, 1.165) is 0 Å². The first-order valence-corrected chi connectivity index (χ1v) is 8.74. The summed E-state index contributed by atoms with van der Waals surface area (Å²) < 4.78 is 6.12. The van der Waals surface area contributed by atoms with Crippen molar-refractivity contribution in [1.29, 1.82) is 0 Å². The molecule has 0 aliphatic heterocycles. The van der Waals surface area contributed by atoms with E-state index in [-0.39, 0.29) is 0 Å². The molecule has 7 nitrogen and oxygen atoms in total. The molecule has 1 atom stereocenters. The number of ether oxygens (including phenoxy) is 1. The van der Waals surface area contributed by atoms with E-state index in [9.17, 15) is 14.7 Å². The summed E-state index contributed by atoms with van der Waals surface area (Å²) in [6.45, 7) is 5.57. The van der Waals surface area contributed by atoms with Gasteiger partial charge >= 0.3 is 12.0 Å². The van der Waals surface area contributed by atoms with Gasteiger partial charge in [-0.15, -0.1) is 0 Å². The Morgan fingerprint density at radius 3 is 2.62 bits per heavy atom. The van der Waals surface area contributed by atoms with E-state index >= 15 is 0 Å². The van der Waals surface area contributed by atoms with Gasteiger partial charge in [-0.1, -0.05) is 28.1 Å². The van der Waals surface area contributed by atoms with E-state index in [1.807, 2.05) is 6.92 Å². The van der Waals surface area contributed by atoms with Gasteiger partial charge in [-0.3, -0.25) is 5.32 Å². The second-order valence-electron chi connectivity index (χ2n) is 5.73. The van der Waals surface area contributed by atoms with Crippen LogP contribution < -0.4 is 15.4 Å². The van der Waals surface area contributed by atoms with Gasteiger partial charge in [0.25, 0.3) is 0 Å². The summed E-state index contributed by atoms with van der Waals surface area (Å²) >= 11 is 3.31. The molecule has 0 radical (unpaired) electrons. The van der Waals surface area contributed by atoms with Crippen LogP contribution in [-0.2, 0) is 10.3 Å². The lowest BCUT2D eigenvalue weighted by Crippen LogP contribution is -2.51. The second kappa shape index (κ2) is 8.18. The van der Waals surface area contributed by atoms with Crippen molar-refractivity contribution in [3.63, 3.8) is 0 Å². The Hall–Kier alpha value is -2.61. The fourth-order valence-corrected chi connectivity index (χ4v) is 2.75. The highest BCUT2D eigenvalue weighted by atomic mass is 79.9. The summed E-state index contributed by atoms with van der Waals surface area (Å²) in [4.78, 5) is 28.4. The number of aryl methyl sites for hydroxylation is 1. The number of carbonyl (C=O) groups is 2. The van der Waals surface area contributed by atoms with Gasteiger partial charge in [0.1, 0.15) is 11.6 Å². The smallest absolute Gasteiger partial charge is 0.333 e. The lowest BCUT2D eigenvalue weighted by atomic mass is 9.92. The lowest BCUT2D eigenvalue weighted by Gasteiger charge is -2.27. The molecule has 0 spiro atoms. The number of nitrogens with zero attached hydrogens (tertiary/aromatic N) is 1. The second-order valence-corrected chi connectivity index (χ2v) is 6.65. The molecule has 2 aromatic rings. The van der Waals surface area contributed by atoms with E-state index in [2.05, 4.69) is 31.5 Å². The summed E-state index contributed by atoms with van der Waals surface area (Å²) in [7, 11) is 0. The average molecular weight is 422 g/mol. The molecule has 0 bridgehead atoms. The topological polar surface area (TPSA) is 101 Å². The van der Waals surface area contributed by atoms with Crippen molar-refractivity contribution in [3.05, 3.63) is 52.1 Å². The Morgan fingerprint density at radius 1 is 1.31 bits per heavy atom. The number of carboxylic acids is 1. The fraction of sp³-hybridized carbons (Fsp3) is 0.278. The number of aliphatic carboxylic acids is 1. The largest absolute Gasteiger partial charge is 0.492 e. The van der Waals surface area contributed by atoms with Gasteiger partial charge in [0, 0.05) is 4.47 Å². The third kappa shape index (κ3) is 4.51. The molecule has 3 N–H and O–H groups in total. The maximum atomic E-state index is 12.3. The predicted octanol–water partition coefficient (Wildman–Crippen LogP) is 3.67. The SMILES string of the molecule is CCOc1ccc(NC(=O)NC(C)(C(=O)O)c2cccc(Br)c2)nc1C. The molecule has 1 heterocycles. The van der Waals surface area contributed by atoms with Gasteiger partial charge in [0.2, 0.25) is 0 Å². The standard InChI is InChI=1S/C18H20BrN3O4/c1-4-26-14-8-9-15(20-11(14)2)21-17(25)22-18(3,16(23)24)12-6-5-7-13(19)10-12/h5-10H,4H2,1-3H3,(H,23,24)(H2,20,21,22,25). The fourth-order valence-electron chi connectivity index (χ4n) is 2.35. The molecular formula is C18H20BrN3O4. The first-order chi connectivity index (χ1) is 12.3. The number of carbonyl (C=O) groups excluding carboxylic acids is 1. The molecule has 2 rings (SSSR count). The summed E-state index contributed by atoms with van der Waals surface area (Å²) in [5.74, 6) is -0.255. The molecule has 26 heavy (non-hydrogen) atoms. The van der Waals surface area contributed by atoms with Crippen molar-refractivity contribution < 1.29 is 19.4 Å². The first kappa shape index (κ1) is 19.7. The Labute approximate surface area is 159 Å². The van der Waals surface area contributed by atoms with Crippen LogP contribution in [0.25, 0.3) is 0 Å². The van der Waals surface area contributed by atoms with Gasteiger partial charge in [0.05, 0.1) is 12.3 Å². The van der Waals surface area contributed by atoms with Crippen LogP contribution >= 0.6 is 15.9 Å². The van der Waals surface area contributed by atoms with Crippen molar-refractivity contribution in [3.8, 4) is 5.75 Å². The number of aromatic nitrogens is 1. The number of amides is 2. The molecular weight excluding hydrogens is 402 g/mol. The average Bonchev–Trinajstić information content (AvgIpc) is 2.57. The quantitative estimate of drug-likeness (QED) is 0.660. The van der Waals surface area contributed by atoms with Crippen LogP contribution in [0.3, 0.4) is 0 Å². The predicted molar refractivity (Wildman–Crippen MR) is 101 cm³/mol. The maximum Gasteiger partial charge on any atom is 0.333 e. The molecule has 2 amide bonds. The minimum Gasteiger partial charge on any atom is -0.492 e. The molecule has 0 aliphatic carbocycles. The van der Waals surface area contributed by atoms with Crippen LogP contribution in [0, 0.1) is 6.92 Å². The summed E-state index contributed by atoms with van der Waals surface area (Å²) in [5.41, 5.74) is -0.545. The van der Waals surface area contributed by atoms with E-state index in [4.69, 9.17) is 4.74 Å². The lowest BCUT2D eigenvalue weighted by molar-refractivity contribution is -0.144. The molecule has 8 heteroatoms. The number of rotatable bonds is 6. The first-order valence-electron chi connectivity index (χ1n) is 7.95. The molecule has 0 aliphatic rings. The maximum absolute atomic E-state index is 12.3. The van der Waals surface area contributed by atoms with E-state index in [1.54, 1.807) is 43.3 Å². The number of hydrogen-bond donors (Lipinski definition) is 3. The summed E-state index contributed by atoms with van der Waals surface area (Å²) in [6.07, 6.45) is 0. The Morgan fingerprint density at radius 2 is 2.04 bits per heavy atom. The van der Waals surface area contributed by atoms with Crippen LogP contribution in [-0.4, -0.2) is 28.7 Å². The highest BCUT2D eigenvalue weighted by Gasteiger charge is 2.37. The number of urea groups is 1.